The number of hydrogen-bond donors (Lipinski definition) is 1. The molecule has 0 heterocycles. The third kappa shape index (κ3) is 8.50. The minimum absolute atomic E-state index is 0.0724. The quantitative estimate of drug-likeness (QED) is 0.183. The van der Waals surface area contributed by atoms with E-state index in [2.05, 4.69) is 5.32 Å². The Morgan fingerprint density at radius 1 is 0.773 bits per heavy atom. The van der Waals surface area contributed by atoms with Crippen molar-refractivity contribution in [2.75, 3.05) is 17.4 Å². The van der Waals surface area contributed by atoms with Crippen LogP contribution in [0.5, 0.6) is 0 Å². The summed E-state index contributed by atoms with van der Waals surface area (Å²) in [6, 6.07) is 26.2. The summed E-state index contributed by atoms with van der Waals surface area (Å²) < 4.78 is 56.1. The molecule has 4 aromatic carbocycles. The first-order chi connectivity index (χ1) is 21.2. The molecule has 0 saturated heterocycles. The normalized spacial score (nSPS) is 11.9. The van der Waals surface area contributed by atoms with Crippen molar-refractivity contribution in [3.05, 3.63) is 132 Å². The first-order valence-corrected chi connectivity index (χ1v) is 15.8. The van der Waals surface area contributed by atoms with E-state index >= 15 is 0 Å². The number of sulfonamides is 1. The molecule has 0 saturated carbocycles. The fraction of sp³-hybridized carbons (Fsp3) is 0.235. The van der Waals surface area contributed by atoms with Crippen LogP contribution < -0.4 is 9.62 Å². The van der Waals surface area contributed by atoms with Crippen molar-refractivity contribution in [1.82, 2.24) is 10.2 Å². The number of benzene rings is 4. The van der Waals surface area contributed by atoms with E-state index in [1.807, 2.05) is 37.3 Å². The summed E-state index contributed by atoms with van der Waals surface area (Å²) in [6.07, 6.45) is 1.77. The second-order valence-electron chi connectivity index (χ2n) is 10.3. The predicted molar refractivity (Wildman–Crippen MR) is 166 cm³/mol. The summed E-state index contributed by atoms with van der Waals surface area (Å²) in [6.45, 7) is 1.70. The van der Waals surface area contributed by atoms with E-state index in [-0.39, 0.29) is 29.5 Å². The number of para-hydroxylation sites is 1. The van der Waals surface area contributed by atoms with Gasteiger partial charge in [-0.2, -0.15) is 0 Å². The van der Waals surface area contributed by atoms with Crippen LogP contribution in [0.15, 0.2) is 114 Å². The topological polar surface area (TPSA) is 86.8 Å². The highest BCUT2D eigenvalue weighted by atomic mass is 32.2. The van der Waals surface area contributed by atoms with Crippen LogP contribution in [-0.2, 0) is 32.6 Å². The lowest BCUT2D eigenvalue weighted by molar-refractivity contribution is -0.140. The fourth-order valence-corrected chi connectivity index (χ4v) is 6.12. The third-order valence-corrected chi connectivity index (χ3v) is 8.88. The van der Waals surface area contributed by atoms with Gasteiger partial charge in [0.1, 0.15) is 24.2 Å². The molecule has 0 aliphatic carbocycles. The molecule has 1 N–H and O–H groups in total. The number of amides is 2. The smallest absolute Gasteiger partial charge is 0.264 e. The number of unbranched alkanes of at least 4 members (excludes halogenated alkanes) is 1. The Hall–Kier alpha value is -4.57. The monoisotopic (exact) mass is 619 g/mol. The highest BCUT2D eigenvalue weighted by molar-refractivity contribution is 7.92. The Kier molecular flexibility index (Phi) is 11.2. The van der Waals surface area contributed by atoms with Gasteiger partial charge in [-0.15, -0.1) is 0 Å². The summed E-state index contributed by atoms with van der Waals surface area (Å²) in [5.74, 6) is -2.08. The van der Waals surface area contributed by atoms with E-state index in [1.54, 1.807) is 30.3 Å². The highest BCUT2D eigenvalue weighted by Gasteiger charge is 2.34. The van der Waals surface area contributed by atoms with Crippen molar-refractivity contribution in [3.8, 4) is 0 Å². The molecule has 7 nitrogen and oxygen atoms in total. The van der Waals surface area contributed by atoms with Gasteiger partial charge in [-0.3, -0.25) is 13.9 Å². The van der Waals surface area contributed by atoms with Crippen molar-refractivity contribution in [2.45, 2.75) is 43.7 Å². The maximum atomic E-state index is 14.3. The van der Waals surface area contributed by atoms with Gasteiger partial charge < -0.3 is 10.2 Å². The van der Waals surface area contributed by atoms with E-state index < -0.39 is 40.2 Å². The Morgan fingerprint density at radius 2 is 1.34 bits per heavy atom. The Morgan fingerprint density at radius 3 is 1.93 bits per heavy atom. The van der Waals surface area contributed by atoms with Gasteiger partial charge >= 0.3 is 0 Å². The molecule has 0 aliphatic rings. The van der Waals surface area contributed by atoms with Crippen molar-refractivity contribution in [2.24, 2.45) is 0 Å². The zero-order valence-corrected chi connectivity index (χ0v) is 25.2. The van der Waals surface area contributed by atoms with Crippen molar-refractivity contribution in [1.29, 1.82) is 0 Å². The van der Waals surface area contributed by atoms with Crippen molar-refractivity contribution < 1.29 is 26.8 Å². The van der Waals surface area contributed by atoms with E-state index in [4.69, 9.17) is 0 Å². The SMILES string of the molecule is CCCCNC(=O)C(Cc1ccccc1)N(Cc1ccc(F)cc1)C(=O)CN(c1ccccc1)S(=O)(=O)c1ccc(F)cc1. The molecule has 44 heavy (non-hydrogen) atoms. The molecule has 10 heteroatoms. The van der Waals surface area contributed by atoms with E-state index in [0.29, 0.717) is 12.1 Å². The first-order valence-electron chi connectivity index (χ1n) is 14.4. The number of hydrogen-bond acceptors (Lipinski definition) is 4. The molecule has 0 aliphatic heterocycles. The van der Waals surface area contributed by atoms with Gasteiger partial charge in [-0.25, -0.2) is 17.2 Å². The highest BCUT2D eigenvalue weighted by Crippen LogP contribution is 2.25. The van der Waals surface area contributed by atoms with E-state index in [9.17, 15) is 26.8 Å². The number of nitrogens with one attached hydrogen (secondary N) is 1. The average molecular weight is 620 g/mol. The van der Waals surface area contributed by atoms with Gasteiger partial charge in [-0.05, 0) is 66.1 Å². The summed E-state index contributed by atoms with van der Waals surface area (Å²) in [4.78, 5) is 29.1. The maximum absolute atomic E-state index is 14.3. The molecule has 0 spiro atoms. The second kappa shape index (κ2) is 15.2. The minimum Gasteiger partial charge on any atom is -0.354 e. The van der Waals surface area contributed by atoms with Crippen LogP contribution in [0, 0.1) is 11.6 Å². The molecule has 0 radical (unpaired) electrons. The molecular formula is C34H35F2N3O4S. The molecular weight excluding hydrogens is 584 g/mol. The zero-order valence-electron chi connectivity index (χ0n) is 24.4. The second-order valence-corrected chi connectivity index (χ2v) is 12.2. The first kappa shape index (κ1) is 32.3. The van der Waals surface area contributed by atoms with Crippen LogP contribution in [-0.4, -0.2) is 44.3 Å². The minimum atomic E-state index is -4.33. The number of nitrogens with zero attached hydrogens (tertiary/aromatic N) is 2. The molecule has 0 bridgehead atoms. The molecule has 1 unspecified atom stereocenters. The van der Waals surface area contributed by atoms with Crippen molar-refractivity contribution in [3.63, 3.8) is 0 Å². The summed E-state index contributed by atoms with van der Waals surface area (Å²) in [5, 5.41) is 2.92. The lowest BCUT2D eigenvalue weighted by Crippen LogP contribution is -2.53. The number of carbonyl (C=O) groups is 2. The maximum Gasteiger partial charge on any atom is 0.264 e. The summed E-state index contributed by atoms with van der Waals surface area (Å²) >= 11 is 0. The summed E-state index contributed by atoms with van der Waals surface area (Å²) in [7, 11) is -4.33. The molecule has 2 amide bonds. The number of anilines is 1. The van der Waals surface area contributed by atoms with Crippen LogP contribution in [0.1, 0.15) is 30.9 Å². The van der Waals surface area contributed by atoms with Gasteiger partial charge in [0.15, 0.2) is 0 Å². The number of rotatable bonds is 14. The van der Waals surface area contributed by atoms with Gasteiger partial charge in [-0.1, -0.05) is 74.0 Å². The molecule has 4 aromatic rings. The Bertz CT molecular complexity index is 1620. The van der Waals surface area contributed by atoms with Gasteiger partial charge in [0.25, 0.3) is 10.0 Å². The Balaban J connectivity index is 1.76. The molecule has 4 rings (SSSR count). The largest absolute Gasteiger partial charge is 0.354 e. The fourth-order valence-electron chi connectivity index (χ4n) is 4.70. The Labute approximate surface area is 257 Å². The van der Waals surface area contributed by atoms with E-state index in [0.717, 1.165) is 47.0 Å². The lowest BCUT2D eigenvalue weighted by atomic mass is 10.0. The molecule has 230 valence electrons. The van der Waals surface area contributed by atoms with Crippen LogP contribution in [0.3, 0.4) is 0 Å². The van der Waals surface area contributed by atoms with Crippen LogP contribution >= 0.6 is 0 Å². The molecule has 0 fully saturated rings. The lowest BCUT2D eigenvalue weighted by Gasteiger charge is -2.34. The standard InChI is InChI=1S/C34H35F2N3O4S/c1-2-3-22-37-34(41)32(23-26-10-6-4-7-11-26)38(24-27-14-16-28(35)17-15-27)33(40)25-39(30-12-8-5-9-13-30)44(42,43)31-20-18-29(36)19-21-31/h4-21,32H,2-3,22-25H2,1H3,(H,37,41). The number of halogens is 2. The zero-order chi connectivity index (χ0) is 31.5. The van der Waals surface area contributed by atoms with Gasteiger partial charge in [0.05, 0.1) is 10.6 Å². The van der Waals surface area contributed by atoms with E-state index in [1.165, 1.54) is 29.2 Å². The predicted octanol–water partition coefficient (Wildman–Crippen LogP) is 5.72. The number of carbonyl (C=O) groups excluding carboxylic acids is 2. The molecule has 0 aromatic heterocycles. The van der Waals surface area contributed by atoms with Gasteiger partial charge in [0, 0.05) is 19.5 Å². The van der Waals surface area contributed by atoms with Crippen LogP contribution in [0.2, 0.25) is 0 Å². The average Bonchev–Trinajstić information content (AvgIpc) is 3.03. The van der Waals surface area contributed by atoms with Gasteiger partial charge in [0.2, 0.25) is 11.8 Å². The van der Waals surface area contributed by atoms with Crippen molar-refractivity contribution >= 4 is 27.5 Å². The third-order valence-electron chi connectivity index (χ3n) is 7.09. The summed E-state index contributed by atoms with van der Waals surface area (Å²) in [5.41, 5.74) is 1.59. The van der Waals surface area contributed by atoms with Crippen LogP contribution in [0.25, 0.3) is 0 Å². The molecule has 1 atom stereocenters. The van der Waals surface area contributed by atoms with Crippen LogP contribution in [0.4, 0.5) is 14.5 Å².